The van der Waals surface area contributed by atoms with Gasteiger partial charge in [0.05, 0.1) is 18.8 Å². The number of aliphatic hydroxyl groups is 1. The summed E-state index contributed by atoms with van der Waals surface area (Å²) < 4.78 is 5.49. The van der Waals surface area contributed by atoms with E-state index < -0.39 is 6.10 Å². The molecule has 1 aromatic rings. The minimum Gasteiger partial charge on any atom is -0.389 e. The zero-order valence-electron chi connectivity index (χ0n) is 14.1. The van der Waals surface area contributed by atoms with Crippen molar-refractivity contribution < 1.29 is 9.84 Å². The van der Waals surface area contributed by atoms with Crippen LogP contribution < -0.4 is 0 Å². The molecule has 1 aromatic carbocycles. The fourth-order valence-corrected chi connectivity index (χ4v) is 2.95. The number of hydrogen-bond donors (Lipinski definition) is 1. The molecule has 2 rings (SSSR count). The molecule has 0 radical (unpaired) electrons. The maximum absolute atomic E-state index is 10.1. The summed E-state index contributed by atoms with van der Waals surface area (Å²) in [5.41, 5.74) is 1.37. The van der Waals surface area contributed by atoms with Crippen molar-refractivity contribution in [3.63, 3.8) is 0 Å². The average molecular weight is 306 g/mol. The molecular formula is C18H30N2O2. The summed E-state index contributed by atoms with van der Waals surface area (Å²) in [7, 11) is 0. The molecule has 0 aromatic heterocycles. The Kier molecular flexibility index (Phi) is 6.83. The molecular weight excluding hydrogens is 276 g/mol. The number of rotatable bonds is 7. The van der Waals surface area contributed by atoms with Gasteiger partial charge in [0.15, 0.2) is 0 Å². The summed E-state index contributed by atoms with van der Waals surface area (Å²) in [6.07, 6.45) is -0.222. The highest BCUT2D eigenvalue weighted by Gasteiger charge is 2.25. The number of ether oxygens (including phenoxy) is 1. The molecule has 1 aliphatic heterocycles. The first kappa shape index (κ1) is 17.4. The van der Waals surface area contributed by atoms with Crippen LogP contribution in [0.15, 0.2) is 30.3 Å². The van der Waals surface area contributed by atoms with Gasteiger partial charge in [0.2, 0.25) is 0 Å². The maximum atomic E-state index is 10.1. The van der Waals surface area contributed by atoms with Gasteiger partial charge in [-0.25, -0.2) is 0 Å². The standard InChI is InChI=1S/C18H30N2O2/c1-15(2)22-14-18(21)13-20-10-9-19(11-16(20)3)12-17-7-5-4-6-8-17/h4-8,15-16,18,21H,9-14H2,1-3H3/t16-,18?/m1/s1. The Bertz CT molecular complexity index is 424. The molecule has 22 heavy (non-hydrogen) atoms. The van der Waals surface area contributed by atoms with E-state index in [0.29, 0.717) is 19.2 Å². The van der Waals surface area contributed by atoms with E-state index in [-0.39, 0.29) is 6.10 Å². The smallest absolute Gasteiger partial charge is 0.0900 e. The van der Waals surface area contributed by atoms with E-state index in [1.54, 1.807) is 0 Å². The number of piperazine rings is 1. The zero-order valence-corrected chi connectivity index (χ0v) is 14.1. The maximum Gasteiger partial charge on any atom is 0.0900 e. The highest BCUT2D eigenvalue weighted by molar-refractivity contribution is 5.14. The van der Waals surface area contributed by atoms with Crippen molar-refractivity contribution in [2.24, 2.45) is 0 Å². The number of β-amino-alcohol motifs (C(OH)–C–C–N with tert-alkyl or cyclic N) is 1. The van der Waals surface area contributed by atoms with Gasteiger partial charge >= 0.3 is 0 Å². The van der Waals surface area contributed by atoms with Crippen LogP contribution in [0, 0.1) is 0 Å². The van der Waals surface area contributed by atoms with Crippen LogP contribution in [0.25, 0.3) is 0 Å². The molecule has 0 saturated carbocycles. The molecule has 2 atom stereocenters. The van der Waals surface area contributed by atoms with Crippen molar-refractivity contribution in [2.75, 3.05) is 32.8 Å². The second kappa shape index (κ2) is 8.63. The van der Waals surface area contributed by atoms with Gasteiger partial charge in [-0.05, 0) is 26.3 Å². The first-order valence-corrected chi connectivity index (χ1v) is 8.34. The lowest BCUT2D eigenvalue weighted by Gasteiger charge is -2.40. The van der Waals surface area contributed by atoms with E-state index in [1.807, 2.05) is 13.8 Å². The Hall–Kier alpha value is -0.940. The van der Waals surface area contributed by atoms with E-state index in [1.165, 1.54) is 5.56 Å². The molecule has 1 heterocycles. The van der Waals surface area contributed by atoms with E-state index in [9.17, 15) is 5.11 Å². The lowest BCUT2D eigenvalue weighted by atomic mass is 10.1. The summed E-state index contributed by atoms with van der Waals surface area (Å²) in [6.45, 7) is 11.5. The van der Waals surface area contributed by atoms with E-state index >= 15 is 0 Å². The van der Waals surface area contributed by atoms with E-state index in [0.717, 1.165) is 26.2 Å². The number of hydrogen-bond acceptors (Lipinski definition) is 4. The van der Waals surface area contributed by atoms with Crippen LogP contribution in [0.1, 0.15) is 26.3 Å². The van der Waals surface area contributed by atoms with Gasteiger partial charge in [0.1, 0.15) is 0 Å². The highest BCUT2D eigenvalue weighted by atomic mass is 16.5. The topological polar surface area (TPSA) is 35.9 Å². The molecule has 1 unspecified atom stereocenters. The predicted octanol–water partition coefficient (Wildman–Crippen LogP) is 1.98. The van der Waals surface area contributed by atoms with Crippen LogP contribution in [0.4, 0.5) is 0 Å². The van der Waals surface area contributed by atoms with Gasteiger partial charge in [-0.1, -0.05) is 30.3 Å². The molecule has 4 heteroatoms. The van der Waals surface area contributed by atoms with Crippen LogP contribution in [-0.4, -0.2) is 65.9 Å². The summed E-state index contributed by atoms with van der Waals surface area (Å²) in [5, 5.41) is 10.1. The summed E-state index contributed by atoms with van der Waals surface area (Å²) in [6, 6.07) is 11.1. The van der Waals surface area contributed by atoms with Crippen LogP contribution in [0.2, 0.25) is 0 Å². The van der Waals surface area contributed by atoms with E-state index in [4.69, 9.17) is 4.74 Å². The van der Waals surface area contributed by atoms with Gasteiger partial charge in [-0.2, -0.15) is 0 Å². The fraction of sp³-hybridized carbons (Fsp3) is 0.667. The summed E-state index contributed by atoms with van der Waals surface area (Å²) in [4.78, 5) is 4.86. The Morgan fingerprint density at radius 2 is 1.95 bits per heavy atom. The Balaban J connectivity index is 1.75. The molecule has 0 amide bonds. The van der Waals surface area contributed by atoms with Gasteiger partial charge in [-0.3, -0.25) is 9.80 Å². The molecule has 0 bridgehead atoms. The largest absolute Gasteiger partial charge is 0.389 e. The second-order valence-electron chi connectivity index (χ2n) is 6.60. The third-order valence-corrected chi connectivity index (χ3v) is 4.17. The Morgan fingerprint density at radius 3 is 2.59 bits per heavy atom. The van der Waals surface area contributed by atoms with Crippen LogP contribution in [-0.2, 0) is 11.3 Å². The molecule has 4 nitrogen and oxygen atoms in total. The normalized spacial score (nSPS) is 22.1. The first-order valence-electron chi connectivity index (χ1n) is 8.34. The van der Waals surface area contributed by atoms with Crippen LogP contribution in [0.3, 0.4) is 0 Å². The average Bonchev–Trinajstić information content (AvgIpc) is 2.49. The molecule has 0 spiro atoms. The number of benzene rings is 1. The third kappa shape index (κ3) is 5.69. The second-order valence-corrected chi connectivity index (χ2v) is 6.60. The van der Waals surface area contributed by atoms with Gasteiger partial charge in [0.25, 0.3) is 0 Å². The third-order valence-electron chi connectivity index (χ3n) is 4.17. The van der Waals surface area contributed by atoms with Crippen molar-refractivity contribution in [1.82, 2.24) is 9.80 Å². The minimum atomic E-state index is -0.398. The lowest BCUT2D eigenvalue weighted by molar-refractivity contribution is -0.0244. The highest BCUT2D eigenvalue weighted by Crippen LogP contribution is 2.13. The lowest BCUT2D eigenvalue weighted by Crippen LogP contribution is -2.53. The zero-order chi connectivity index (χ0) is 15.9. The monoisotopic (exact) mass is 306 g/mol. The predicted molar refractivity (Wildman–Crippen MR) is 89.8 cm³/mol. The van der Waals surface area contributed by atoms with Crippen molar-refractivity contribution in [3.8, 4) is 0 Å². The number of aliphatic hydroxyl groups excluding tert-OH is 1. The first-order chi connectivity index (χ1) is 10.5. The van der Waals surface area contributed by atoms with Crippen molar-refractivity contribution in [1.29, 1.82) is 0 Å². The van der Waals surface area contributed by atoms with Crippen molar-refractivity contribution in [3.05, 3.63) is 35.9 Å². The molecule has 0 aliphatic carbocycles. The van der Waals surface area contributed by atoms with Gasteiger partial charge < -0.3 is 9.84 Å². The summed E-state index contributed by atoms with van der Waals surface area (Å²) in [5.74, 6) is 0. The minimum absolute atomic E-state index is 0.176. The van der Waals surface area contributed by atoms with Crippen molar-refractivity contribution in [2.45, 2.75) is 45.6 Å². The van der Waals surface area contributed by atoms with Crippen molar-refractivity contribution >= 4 is 0 Å². The van der Waals surface area contributed by atoms with E-state index in [2.05, 4.69) is 47.1 Å². The molecule has 124 valence electrons. The van der Waals surface area contributed by atoms with Gasteiger partial charge in [0, 0.05) is 38.8 Å². The quantitative estimate of drug-likeness (QED) is 0.835. The molecule has 1 aliphatic rings. The Labute approximate surface area is 134 Å². The molecule has 1 saturated heterocycles. The molecule has 1 N–H and O–H groups in total. The van der Waals surface area contributed by atoms with Crippen LogP contribution >= 0.6 is 0 Å². The van der Waals surface area contributed by atoms with Crippen LogP contribution in [0.5, 0.6) is 0 Å². The summed E-state index contributed by atoms with van der Waals surface area (Å²) >= 11 is 0. The van der Waals surface area contributed by atoms with Gasteiger partial charge in [-0.15, -0.1) is 0 Å². The fourth-order valence-electron chi connectivity index (χ4n) is 2.95. The number of nitrogens with zero attached hydrogens (tertiary/aromatic N) is 2. The Morgan fingerprint density at radius 1 is 1.23 bits per heavy atom. The molecule has 1 fully saturated rings. The SMILES string of the molecule is CC(C)OCC(O)CN1CCN(Cc2ccccc2)C[C@H]1C.